The number of amides is 2. The number of hydrogen-bond acceptors (Lipinski definition) is 6. The molecule has 4 unspecified atom stereocenters. The maximum absolute atomic E-state index is 13.2. The van der Waals surface area contributed by atoms with Gasteiger partial charge in [-0.1, -0.05) is 29.3 Å². The highest BCUT2D eigenvalue weighted by Crippen LogP contribution is 2.60. The molecule has 9 heteroatoms. The number of ether oxygens (including phenoxy) is 2. The van der Waals surface area contributed by atoms with E-state index in [9.17, 15) is 19.5 Å². The molecule has 2 N–H and O–H groups in total. The number of hydrogen-bond donors (Lipinski definition) is 2. The first-order chi connectivity index (χ1) is 13.3. The number of rotatable bonds is 8. The van der Waals surface area contributed by atoms with Crippen LogP contribution in [-0.4, -0.2) is 76.2 Å². The Kier molecular flexibility index (Phi) is 6.36. The highest BCUT2D eigenvalue weighted by atomic mass is 79.9. The van der Waals surface area contributed by atoms with Gasteiger partial charge in [0.05, 0.1) is 31.2 Å². The highest BCUT2D eigenvalue weighted by Gasteiger charge is 2.76. The van der Waals surface area contributed by atoms with Crippen LogP contribution in [0.5, 0.6) is 0 Å². The van der Waals surface area contributed by atoms with Crippen molar-refractivity contribution in [3.05, 3.63) is 0 Å². The molecular weight excluding hydrogens is 432 g/mol. The van der Waals surface area contributed by atoms with E-state index < -0.39 is 35.6 Å². The Morgan fingerprint density at radius 3 is 2.79 bits per heavy atom. The van der Waals surface area contributed by atoms with Crippen molar-refractivity contribution in [3.8, 4) is 0 Å². The Bertz CT molecular complexity index is 646. The topological polar surface area (TPSA) is 105 Å². The van der Waals surface area contributed by atoms with Gasteiger partial charge < -0.3 is 24.8 Å². The molecule has 3 rings (SSSR count). The Hall–Kier alpha value is -1.19. The predicted molar refractivity (Wildman–Crippen MR) is 104 cm³/mol. The van der Waals surface area contributed by atoms with E-state index in [-0.39, 0.29) is 42.4 Å². The van der Waals surface area contributed by atoms with E-state index in [4.69, 9.17) is 9.47 Å². The van der Waals surface area contributed by atoms with Crippen LogP contribution in [0.1, 0.15) is 40.0 Å². The maximum atomic E-state index is 13.2. The molecule has 28 heavy (non-hydrogen) atoms. The number of aliphatic hydroxyl groups excluding tert-OH is 1. The standard InChI is InChI=1S/C19H29BrN2O6/c1-4-6-10(3)21-16(24)15-19-9-11(20)14(28-19)12(18(26)27-5-2)13(19)17(25)22(15)7-8-23/h10-15,23H,4-9H2,1-3H3,(H,21,24)/t10?,11?,12-,13-,14-,15?,19?/m0/s1. The van der Waals surface area contributed by atoms with Crippen LogP contribution in [0.2, 0.25) is 0 Å². The summed E-state index contributed by atoms with van der Waals surface area (Å²) in [6.45, 7) is 5.64. The normalized spacial score (nSPS) is 37.1. The van der Waals surface area contributed by atoms with Crippen molar-refractivity contribution in [2.24, 2.45) is 11.8 Å². The van der Waals surface area contributed by atoms with E-state index in [1.807, 2.05) is 13.8 Å². The van der Waals surface area contributed by atoms with Crippen LogP contribution in [0.15, 0.2) is 0 Å². The van der Waals surface area contributed by atoms with Crippen LogP contribution in [-0.2, 0) is 23.9 Å². The lowest BCUT2D eigenvalue weighted by Gasteiger charge is -2.34. The Labute approximate surface area is 173 Å². The minimum atomic E-state index is -1.08. The molecule has 3 heterocycles. The summed E-state index contributed by atoms with van der Waals surface area (Å²) in [6.07, 6.45) is 1.68. The number of nitrogens with one attached hydrogen (secondary N) is 1. The van der Waals surface area contributed by atoms with Crippen molar-refractivity contribution in [3.63, 3.8) is 0 Å². The Morgan fingerprint density at radius 1 is 1.46 bits per heavy atom. The minimum absolute atomic E-state index is 0.0217. The van der Waals surface area contributed by atoms with Crippen LogP contribution < -0.4 is 5.32 Å². The van der Waals surface area contributed by atoms with Crippen molar-refractivity contribution in [1.29, 1.82) is 0 Å². The third kappa shape index (κ3) is 3.25. The average molecular weight is 461 g/mol. The second-order valence-corrected chi connectivity index (χ2v) is 9.05. The first-order valence-electron chi connectivity index (χ1n) is 10.0. The lowest BCUT2D eigenvalue weighted by Crippen LogP contribution is -2.57. The fourth-order valence-electron chi connectivity index (χ4n) is 5.11. The van der Waals surface area contributed by atoms with Gasteiger partial charge in [-0.2, -0.15) is 0 Å². The number of aliphatic hydroxyl groups is 1. The number of likely N-dealkylation sites (tertiary alicyclic amines) is 1. The van der Waals surface area contributed by atoms with Crippen molar-refractivity contribution >= 4 is 33.7 Å². The quantitative estimate of drug-likeness (QED) is 0.405. The third-order valence-corrected chi connectivity index (χ3v) is 6.89. The molecule has 0 radical (unpaired) electrons. The van der Waals surface area contributed by atoms with Crippen LogP contribution in [0.4, 0.5) is 0 Å². The summed E-state index contributed by atoms with van der Waals surface area (Å²) in [6, 6.07) is -0.917. The van der Waals surface area contributed by atoms with Gasteiger partial charge in [-0.3, -0.25) is 14.4 Å². The zero-order valence-electron chi connectivity index (χ0n) is 16.5. The van der Waals surface area contributed by atoms with Crippen molar-refractivity contribution in [1.82, 2.24) is 10.2 Å². The van der Waals surface area contributed by atoms with Gasteiger partial charge in [-0.25, -0.2) is 0 Å². The molecule has 0 saturated carbocycles. The zero-order valence-corrected chi connectivity index (χ0v) is 18.1. The fourth-order valence-corrected chi connectivity index (χ4v) is 6.06. The number of carbonyl (C=O) groups is 3. The molecule has 3 aliphatic rings. The summed E-state index contributed by atoms with van der Waals surface area (Å²) in [5, 5.41) is 12.5. The van der Waals surface area contributed by atoms with Crippen molar-refractivity contribution < 1.29 is 29.0 Å². The average Bonchev–Trinajstić information content (AvgIpc) is 3.20. The second kappa shape index (κ2) is 8.28. The molecule has 1 spiro atoms. The summed E-state index contributed by atoms with van der Waals surface area (Å²) in [5.74, 6) is -2.61. The van der Waals surface area contributed by atoms with Gasteiger partial charge in [0.2, 0.25) is 11.8 Å². The molecule has 158 valence electrons. The van der Waals surface area contributed by atoms with E-state index in [0.29, 0.717) is 6.42 Å². The second-order valence-electron chi connectivity index (χ2n) is 7.87. The Morgan fingerprint density at radius 2 is 2.18 bits per heavy atom. The van der Waals surface area contributed by atoms with E-state index in [0.717, 1.165) is 12.8 Å². The third-order valence-electron chi connectivity index (χ3n) is 6.05. The molecule has 2 bridgehead atoms. The van der Waals surface area contributed by atoms with Gasteiger partial charge in [-0.05, 0) is 26.7 Å². The summed E-state index contributed by atoms with van der Waals surface area (Å²) in [7, 11) is 0. The molecule has 0 aromatic rings. The minimum Gasteiger partial charge on any atom is -0.466 e. The smallest absolute Gasteiger partial charge is 0.312 e. The zero-order chi connectivity index (χ0) is 20.6. The number of esters is 1. The number of fused-ring (bicyclic) bond motifs is 1. The van der Waals surface area contributed by atoms with Crippen molar-refractivity contribution in [2.45, 2.75) is 68.6 Å². The number of β-amino-alcohol motifs (C(OH)–C–C–N with tert-alkyl or cyclic N) is 1. The molecule has 3 saturated heterocycles. The van der Waals surface area contributed by atoms with E-state index >= 15 is 0 Å². The van der Waals surface area contributed by atoms with Gasteiger partial charge in [0.25, 0.3) is 0 Å². The van der Waals surface area contributed by atoms with Crippen LogP contribution in [0, 0.1) is 11.8 Å². The lowest BCUT2D eigenvalue weighted by molar-refractivity contribution is -0.154. The largest absolute Gasteiger partial charge is 0.466 e. The van der Waals surface area contributed by atoms with Gasteiger partial charge >= 0.3 is 5.97 Å². The van der Waals surface area contributed by atoms with Crippen LogP contribution in [0.3, 0.4) is 0 Å². The monoisotopic (exact) mass is 460 g/mol. The number of nitrogens with zero attached hydrogens (tertiary/aromatic N) is 1. The molecule has 3 fully saturated rings. The predicted octanol–water partition coefficient (Wildman–Crippen LogP) is 0.595. The maximum Gasteiger partial charge on any atom is 0.312 e. The number of carbonyl (C=O) groups excluding carboxylic acids is 3. The van der Waals surface area contributed by atoms with E-state index in [1.165, 1.54) is 4.90 Å². The molecular formula is C19H29BrN2O6. The summed E-state index contributed by atoms with van der Waals surface area (Å²) >= 11 is 3.57. The molecule has 0 aliphatic carbocycles. The van der Waals surface area contributed by atoms with Crippen molar-refractivity contribution in [2.75, 3.05) is 19.8 Å². The first-order valence-corrected chi connectivity index (χ1v) is 10.9. The number of alkyl halides is 1. The Balaban J connectivity index is 1.96. The molecule has 8 nitrogen and oxygen atoms in total. The molecule has 7 atom stereocenters. The van der Waals surface area contributed by atoms with Gasteiger partial charge in [0.1, 0.15) is 11.6 Å². The van der Waals surface area contributed by atoms with Crippen LogP contribution >= 0.6 is 15.9 Å². The van der Waals surface area contributed by atoms with E-state index in [2.05, 4.69) is 21.2 Å². The highest BCUT2D eigenvalue weighted by molar-refractivity contribution is 9.09. The van der Waals surface area contributed by atoms with Gasteiger partial charge in [0.15, 0.2) is 0 Å². The molecule has 0 aromatic carbocycles. The first kappa shape index (κ1) is 21.5. The fraction of sp³-hybridized carbons (Fsp3) is 0.842. The summed E-state index contributed by atoms with van der Waals surface area (Å²) < 4.78 is 11.5. The molecule has 2 amide bonds. The summed E-state index contributed by atoms with van der Waals surface area (Å²) in [4.78, 5) is 40.3. The van der Waals surface area contributed by atoms with Gasteiger partial charge in [-0.15, -0.1) is 0 Å². The molecule has 3 aliphatic heterocycles. The van der Waals surface area contributed by atoms with E-state index in [1.54, 1.807) is 6.92 Å². The lowest BCUT2D eigenvalue weighted by atomic mass is 9.70. The SMILES string of the molecule is CCCC(C)NC(=O)C1N(CCO)C(=O)[C@@H]2[C@H](C(=O)OCC)[C@H]3OC12CC3Br. The van der Waals surface area contributed by atoms with Crippen LogP contribution in [0.25, 0.3) is 0 Å². The number of halogens is 1. The molecule has 0 aromatic heterocycles. The summed E-state index contributed by atoms with van der Waals surface area (Å²) in [5.41, 5.74) is -1.08. The van der Waals surface area contributed by atoms with Gasteiger partial charge in [0, 0.05) is 17.4 Å².